The van der Waals surface area contributed by atoms with E-state index in [0.29, 0.717) is 5.82 Å². The van der Waals surface area contributed by atoms with Crippen molar-refractivity contribution >= 4 is 0 Å². The molecule has 0 aliphatic carbocycles. The van der Waals surface area contributed by atoms with Gasteiger partial charge in [0.1, 0.15) is 6.61 Å². The third-order valence-electron chi connectivity index (χ3n) is 2.16. The molecule has 0 aliphatic rings. The van der Waals surface area contributed by atoms with E-state index in [1.165, 1.54) is 0 Å². The summed E-state index contributed by atoms with van der Waals surface area (Å²) < 4.78 is 4.98. The molecule has 0 unspecified atom stereocenters. The van der Waals surface area contributed by atoms with Gasteiger partial charge in [0, 0.05) is 5.56 Å². The normalized spacial score (nSPS) is 10.1. The Morgan fingerprint density at radius 1 is 1.26 bits per heavy atom. The summed E-state index contributed by atoms with van der Waals surface area (Å²) in [6, 6.07) is 11.7. The SMILES string of the molecule is N#CC(C#N)NOCc1nc(-c2ccccc2)no1. The van der Waals surface area contributed by atoms with Crippen LogP contribution in [0, 0.1) is 22.7 Å². The lowest BCUT2D eigenvalue weighted by Crippen LogP contribution is -2.25. The van der Waals surface area contributed by atoms with Gasteiger partial charge in [-0.1, -0.05) is 35.5 Å². The molecule has 1 aromatic heterocycles. The second kappa shape index (κ2) is 6.26. The van der Waals surface area contributed by atoms with Crippen molar-refractivity contribution in [2.45, 2.75) is 12.6 Å². The zero-order valence-corrected chi connectivity index (χ0v) is 9.78. The van der Waals surface area contributed by atoms with Crippen molar-refractivity contribution < 1.29 is 9.36 Å². The number of nitriles is 2. The van der Waals surface area contributed by atoms with Crippen LogP contribution in [0.5, 0.6) is 0 Å². The van der Waals surface area contributed by atoms with Gasteiger partial charge in [0.2, 0.25) is 11.9 Å². The minimum absolute atomic E-state index is 0.0281. The summed E-state index contributed by atoms with van der Waals surface area (Å²) in [7, 11) is 0. The average Bonchev–Trinajstić information content (AvgIpc) is 2.93. The maximum atomic E-state index is 8.51. The molecule has 0 aliphatic heterocycles. The molecule has 0 amide bonds. The Hall–Kier alpha value is -2.74. The van der Waals surface area contributed by atoms with Gasteiger partial charge in [0.25, 0.3) is 5.89 Å². The monoisotopic (exact) mass is 255 g/mol. The molecule has 0 spiro atoms. The van der Waals surface area contributed by atoms with Gasteiger partial charge in [0.05, 0.1) is 12.1 Å². The van der Waals surface area contributed by atoms with E-state index in [9.17, 15) is 0 Å². The van der Waals surface area contributed by atoms with Gasteiger partial charge in [-0.2, -0.15) is 21.0 Å². The number of hydroxylamine groups is 1. The van der Waals surface area contributed by atoms with E-state index in [0.717, 1.165) is 5.56 Å². The highest BCUT2D eigenvalue weighted by atomic mass is 16.7. The van der Waals surface area contributed by atoms with E-state index < -0.39 is 6.04 Å². The predicted molar refractivity (Wildman–Crippen MR) is 62.7 cm³/mol. The zero-order chi connectivity index (χ0) is 13.5. The van der Waals surface area contributed by atoms with Crippen molar-refractivity contribution in [1.82, 2.24) is 15.6 Å². The van der Waals surface area contributed by atoms with E-state index in [1.54, 1.807) is 12.1 Å². The summed E-state index contributed by atoms with van der Waals surface area (Å²) in [5, 5.41) is 20.8. The van der Waals surface area contributed by atoms with Crippen LogP contribution in [0.1, 0.15) is 5.89 Å². The largest absolute Gasteiger partial charge is 0.336 e. The molecule has 1 N–H and O–H groups in total. The number of hydrogen-bond acceptors (Lipinski definition) is 7. The molecule has 0 saturated heterocycles. The van der Waals surface area contributed by atoms with Gasteiger partial charge in [-0.15, -0.1) is 0 Å². The fourth-order valence-electron chi connectivity index (χ4n) is 1.29. The maximum Gasteiger partial charge on any atom is 0.255 e. The molecular weight excluding hydrogens is 246 g/mol. The molecule has 2 aromatic rings. The summed E-state index contributed by atoms with van der Waals surface area (Å²) >= 11 is 0. The van der Waals surface area contributed by atoms with Crippen LogP contribution in [0.2, 0.25) is 0 Å². The number of nitrogens with one attached hydrogen (secondary N) is 1. The molecule has 7 nitrogen and oxygen atoms in total. The van der Waals surface area contributed by atoms with Crippen LogP contribution in [-0.4, -0.2) is 16.2 Å². The van der Waals surface area contributed by atoms with E-state index in [-0.39, 0.29) is 12.5 Å². The molecule has 2 rings (SSSR count). The minimum atomic E-state index is -1.03. The molecular formula is C12H9N5O2. The smallest absolute Gasteiger partial charge is 0.255 e. The summed E-state index contributed by atoms with van der Waals surface area (Å²) in [5.41, 5.74) is 3.10. The Kier molecular flexibility index (Phi) is 4.19. The van der Waals surface area contributed by atoms with Crippen LogP contribution in [-0.2, 0) is 11.4 Å². The van der Waals surface area contributed by atoms with Crippen LogP contribution in [0.3, 0.4) is 0 Å². The number of nitrogens with zero attached hydrogens (tertiary/aromatic N) is 4. The van der Waals surface area contributed by atoms with Gasteiger partial charge in [-0.3, -0.25) is 4.84 Å². The Balaban J connectivity index is 1.92. The topological polar surface area (TPSA) is 108 Å². The number of rotatable bonds is 5. The molecule has 1 aromatic carbocycles. The van der Waals surface area contributed by atoms with Crippen molar-refractivity contribution in [1.29, 1.82) is 10.5 Å². The first-order valence-electron chi connectivity index (χ1n) is 5.38. The lowest BCUT2D eigenvalue weighted by Gasteiger charge is -2.01. The van der Waals surface area contributed by atoms with Crippen molar-refractivity contribution in [3.05, 3.63) is 36.2 Å². The predicted octanol–water partition coefficient (Wildman–Crippen LogP) is 1.17. The molecule has 1 heterocycles. The maximum absolute atomic E-state index is 8.51. The van der Waals surface area contributed by atoms with Crippen LogP contribution in [0.15, 0.2) is 34.9 Å². The van der Waals surface area contributed by atoms with Crippen LogP contribution >= 0.6 is 0 Å². The third-order valence-corrected chi connectivity index (χ3v) is 2.16. The Morgan fingerprint density at radius 3 is 2.68 bits per heavy atom. The van der Waals surface area contributed by atoms with Crippen molar-refractivity contribution in [2.75, 3.05) is 0 Å². The Labute approximate surface area is 109 Å². The van der Waals surface area contributed by atoms with Crippen molar-refractivity contribution in [3.63, 3.8) is 0 Å². The van der Waals surface area contributed by atoms with Crippen molar-refractivity contribution in [2.24, 2.45) is 0 Å². The second-order valence-electron chi connectivity index (χ2n) is 3.48. The molecule has 0 bridgehead atoms. The van der Waals surface area contributed by atoms with Crippen molar-refractivity contribution in [3.8, 4) is 23.5 Å². The average molecular weight is 255 g/mol. The molecule has 94 valence electrons. The first-order chi connectivity index (χ1) is 9.33. The highest BCUT2D eigenvalue weighted by molar-refractivity contribution is 5.53. The summed E-state index contributed by atoms with van der Waals surface area (Å²) in [4.78, 5) is 9.04. The summed E-state index contributed by atoms with van der Waals surface area (Å²) in [6.07, 6.45) is 0. The lowest BCUT2D eigenvalue weighted by molar-refractivity contribution is 0.0105. The molecule has 19 heavy (non-hydrogen) atoms. The second-order valence-corrected chi connectivity index (χ2v) is 3.48. The third kappa shape index (κ3) is 3.36. The van der Waals surface area contributed by atoms with E-state index in [4.69, 9.17) is 19.9 Å². The highest BCUT2D eigenvalue weighted by Crippen LogP contribution is 2.14. The van der Waals surface area contributed by atoms with Gasteiger partial charge in [-0.05, 0) is 0 Å². The van der Waals surface area contributed by atoms with Gasteiger partial charge >= 0.3 is 0 Å². The first kappa shape index (κ1) is 12.7. The molecule has 0 atom stereocenters. The number of aromatic nitrogens is 2. The molecule has 7 heteroatoms. The van der Waals surface area contributed by atoms with Gasteiger partial charge < -0.3 is 4.52 Å². The quantitative estimate of drug-likeness (QED) is 0.799. The summed E-state index contributed by atoms with van der Waals surface area (Å²) in [6.45, 7) is -0.0281. The van der Waals surface area contributed by atoms with Crippen LogP contribution < -0.4 is 5.48 Å². The number of hydrogen-bond donors (Lipinski definition) is 1. The van der Waals surface area contributed by atoms with Crippen LogP contribution in [0.25, 0.3) is 11.4 Å². The Morgan fingerprint density at radius 2 is 2.00 bits per heavy atom. The van der Waals surface area contributed by atoms with Crippen LogP contribution in [0.4, 0.5) is 0 Å². The fourth-order valence-corrected chi connectivity index (χ4v) is 1.29. The highest BCUT2D eigenvalue weighted by Gasteiger charge is 2.09. The minimum Gasteiger partial charge on any atom is -0.336 e. The molecule has 0 saturated carbocycles. The van der Waals surface area contributed by atoms with E-state index >= 15 is 0 Å². The van der Waals surface area contributed by atoms with Gasteiger partial charge in [-0.25, -0.2) is 0 Å². The molecule has 0 fully saturated rings. The van der Waals surface area contributed by atoms with E-state index in [2.05, 4.69) is 15.6 Å². The van der Waals surface area contributed by atoms with E-state index in [1.807, 2.05) is 30.3 Å². The lowest BCUT2D eigenvalue weighted by atomic mass is 10.2. The fraction of sp³-hybridized carbons (Fsp3) is 0.167. The number of benzene rings is 1. The van der Waals surface area contributed by atoms with Gasteiger partial charge in [0.15, 0.2) is 0 Å². The first-order valence-corrected chi connectivity index (χ1v) is 5.38. The molecule has 0 radical (unpaired) electrons. The Bertz CT molecular complexity index is 597. The standard InChI is InChI=1S/C12H9N5O2/c13-6-10(7-14)16-18-8-11-15-12(17-19-11)9-4-2-1-3-5-9/h1-5,10,16H,8H2. The zero-order valence-electron chi connectivity index (χ0n) is 9.78. The summed E-state index contributed by atoms with van der Waals surface area (Å²) in [5.74, 6) is 0.706.